The van der Waals surface area contributed by atoms with Gasteiger partial charge in [0.25, 0.3) is 5.56 Å². The summed E-state index contributed by atoms with van der Waals surface area (Å²) in [5, 5.41) is 5.65. The molecule has 2 N–H and O–H groups in total. The van der Waals surface area contributed by atoms with Gasteiger partial charge >= 0.3 is 6.03 Å². The molecular formula is C13H19N3O2. The van der Waals surface area contributed by atoms with Crippen LogP contribution in [0.5, 0.6) is 0 Å². The first-order valence-corrected chi connectivity index (χ1v) is 6.35. The maximum Gasteiger partial charge on any atom is 0.315 e. The van der Waals surface area contributed by atoms with E-state index in [0.29, 0.717) is 11.6 Å². The minimum Gasteiger partial charge on any atom is -0.335 e. The van der Waals surface area contributed by atoms with Crippen molar-refractivity contribution in [3.8, 4) is 0 Å². The van der Waals surface area contributed by atoms with E-state index in [-0.39, 0.29) is 18.1 Å². The molecule has 18 heavy (non-hydrogen) atoms. The molecule has 0 aliphatic heterocycles. The van der Waals surface area contributed by atoms with E-state index in [1.54, 1.807) is 25.4 Å². The average molecular weight is 249 g/mol. The number of carbonyl (C=O) groups is 1. The number of nitrogens with one attached hydrogen (secondary N) is 2. The largest absolute Gasteiger partial charge is 0.335 e. The third-order valence-corrected chi connectivity index (χ3v) is 3.33. The minimum atomic E-state index is -0.187. The molecule has 5 heteroatoms. The fourth-order valence-electron chi connectivity index (χ4n) is 2.27. The summed E-state index contributed by atoms with van der Waals surface area (Å²) in [6, 6.07) is 3.64. The summed E-state index contributed by atoms with van der Waals surface area (Å²) in [6.07, 6.45) is 6.18. The van der Waals surface area contributed by atoms with Crippen molar-refractivity contribution in [2.45, 2.75) is 38.3 Å². The van der Waals surface area contributed by atoms with Gasteiger partial charge in [-0.15, -0.1) is 0 Å². The molecule has 1 saturated carbocycles. The Bertz CT molecular complexity index is 475. The highest BCUT2D eigenvalue weighted by Gasteiger charge is 2.16. The molecule has 1 aliphatic rings. The molecule has 1 fully saturated rings. The van der Waals surface area contributed by atoms with Crippen molar-refractivity contribution < 1.29 is 4.79 Å². The molecule has 2 rings (SSSR count). The predicted octanol–water partition coefficient (Wildman–Crippen LogP) is 1.13. The second kappa shape index (κ2) is 5.71. The Morgan fingerprint density at radius 2 is 2.17 bits per heavy atom. The van der Waals surface area contributed by atoms with E-state index in [4.69, 9.17) is 0 Å². The highest BCUT2D eigenvalue weighted by molar-refractivity contribution is 5.74. The Balaban J connectivity index is 1.85. The highest BCUT2D eigenvalue weighted by atomic mass is 16.2. The van der Waals surface area contributed by atoms with E-state index >= 15 is 0 Å². The van der Waals surface area contributed by atoms with Crippen molar-refractivity contribution in [3.63, 3.8) is 0 Å². The number of hydrogen-bond donors (Lipinski definition) is 2. The minimum absolute atomic E-state index is 0.0707. The lowest BCUT2D eigenvalue weighted by atomic mass is 10.2. The van der Waals surface area contributed by atoms with Gasteiger partial charge in [-0.25, -0.2) is 4.79 Å². The molecule has 0 saturated heterocycles. The van der Waals surface area contributed by atoms with Crippen LogP contribution in [-0.2, 0) is 13.6 Å². The van der Waals surface area contributed by atoms with E-state index in [2.05, 4.69) is 10.6 Å². The normalized spacial score (nSPS) is 15.6. The molecule has 0 atom stereocenters. The fourth-order valence-corrected chi connectivity index (χ4v) is 2.27. The van der Waals surface area contributed by atoms with Crippen LogP contribution in [-0.4, -0.2) is 16.6 Å². The molecule has 0 unspecified atom stereocenters. The zero-order valence-electron chi connectivity index (χ0n) is 10.6. The summed E-state index contributed by atoms with van der Waals surface area (Å²) in [4.78, 5) is 23.4. The first kappa shape index (κ1) is 12.7. The molecule has 0 aromatic carbocycles. The molecule has 1 aromatic rings. The van der Waals surface area contributed by atoms with Crippen LogP contribution in [0.3, 0.4) is 0 Å². The number of aryl methyl sites for hydroxylation is 1. The van der Waals surface area contributed by atoms with Gasteiger partial charge in [0.2, 0.25) is 0 Å². The molecule has 1 aromatic heterocycles. The molecule has 0 bridgehead atoms. The van der Waals surface area contributed by atoms with Gasteiger partial charge in [-0.2, -0.15) is 0 Å². The second-order valence-electron chi connectivity index (χ2n) is 4.76. The Morgan fingerprint density at radius 3 is 2.89 bits per heavy atom. The van der Waals surface area contributed by atoms with Crippen LogP contribution in [0.15, 0.2) is 23.1 Å². The van der Waals surface area contributed by atoms with Crippen LogP contribution in [0, 0.1) is 0 Å². The van der Waals surface area contributed by atoms with E-state index in [1.165, 1.54) is 17.4 Å². The lowest BCUT2D eigenvalue weighted by Gasteiger charge is -2.12. The maximum absolute atomic E-state index is 11.7. The first-order valence-electron chi connectivity index (χ1n) is 6.35. The number of pyridine rings is 1. The van der Waals surface area contributed by atoms with Gasteiger partial charge in [0.15, 0.2) is 0 Å². The zero-order valence-corrected chi connectivity index (χ0v) is 10.6. The number of amides is 2. The van der Waals surface area contributed by atoms with Gasteiger partial charge in [0, 0.05) is 31.4 Å². The molecule has 0 radical (unpaired) electrons. The van der Waals surface area contributed by atoms with Crippen molar-refractivity contribution in [2.75, 3.05) is 0 Å². The molecule has 98 valence electrons. The summed E-state index contributed by atoms with van der Waals surface area (Å²) < 4.78 is 1.51. The van der Waals surface area contributed by atoms with Crippen LogP contribution in [0.1, 0.15) is 31.2 Å². The molecule has 1 heterocycles. The smallest absolute Gasteiger partial charge is 0.315 e. The van der Waals surface area contributed by atoms with Crippen molar-refractivity contribution >= 4 is 6.03 Å². The van der Waals surface area contributed by atoms with Gasteiger partial charge in [0.05, 0.1) is 0 Å². The van der Waals surface area contributed by atoms with Crippen molar-refractivity contribution in [1.29, 1.82) is 0 Å². The third kappa shape index (κ3) is 3.12. The summed E-state index contributed by atoms with van der Waals surface area (Å²) in [5.41, 5.74) is 0.528. The fraction of sp³-hybridized carbons (Fsp3) is 0.538. The van der Waals surface area contributed by atoms with Crippen molar-refractivity contribution in [1.82, 2.24) is 15.2 Å². The zero-order chi connectivity index (χ0) is 13.0. The topological polar surface area (TPSA) is 63.1 Å². The van der Waals surface area contributed by atoms with E-state index in [9.17, 15) is 9.59 Å². The Kier molecular flexibility index (Phi) is 4.02. The average Bonchev–Trinajstić information content (AvgIpc) is 2.84. The Labute approximate surface area is 106 Å². The first-order chi connectivity index (χ1) is 8.66. The number of carbonyl (C=O) groups excluding carboxylic acids is 1. The maximum atomic E-state index is 11.7. The monoisotopic (exact) mass is 249 g/mol. The SMILES string of the molecule is Cn1cccc(CNC(=O)NC2CCCC2)c1=O. The van der Waals surface area contributed by atoms with Crippen LogP contribution in [0.2, 0.25) is 0 Å². The van der Waals surface area contributed by atoms with Crippen LogP contribution in [0.25, 0.3) is 0 Å². The van der Waals surface area contributed by atoms with Crippen LogP contribution >= 0.6 is 0 Å². The molecule has 1 aliphatic carbocycles. The standard InChI is InChI=1S/C13H19N3O2/c1-16-8-4-5-10(12(16)17)9-14-13(18)15-11-6-2-3-7-11/h4-5,8,11H,2-3,6-7,9H2,1H3,(H2,14,15,18). The Morgan fingerprint density at radius 1 is 1.44 bits per heavy atom. The summed E-state index contributed by atoms with van der Waals surface area (Å²) >= 11 is 0. The number of nitrogens with zero attached hydrogens (tertiary/aromatic N) is 1. The number of urea groups is 1. The van der Waals surface area contributed by atoms with Crippen LogP contribution < -0.4 is 16.2 Å². The van der Waals surface area contributed by atoms with Gasteiger partial charge in [0.1, 0.15) is 0 Å². The van der Waals surface area contributed by atoms with Crippen LogP contribution in [0.4, 0.5) is 4.79 Å². The summed E-state index contributed by atoms with van der Waals surface area (Å²) in [7, 11) is 1.70. The molecule has 5 nitrogen and oxygen atoms in total. The van der Waals surface area contributed by atoms with Gasteiger partial charge in [-0.1, -0.05) is 18.9 Å². The Hall–Kier alpha value is -1.78. The molecular weight excluding hydrogens is 230 g/mol. The predicted molar refractivity (Wildman–Crippen MR) is 69.3 cm³/mol. The number of rotatable bonds is 3. The van der Waals surface area contributed by atoms with Gasteiger partial charge < -0.3 is 15.2 Å². The second-order valence-corrected chi connectivity index (χ2v) is 4.76. The lowest BCUT2D eigenvalue weighted by molar-refractivity contribution is 0.236. The molecule has 0 spiro atoms. The van der Waals surface area contributed by atoms with E-state index in [1.807, 2.05) is 0 Å². The third-order valence-electron chi connectivity index (χ3n) is 3.33. The van der Waals surface area contributed by atoms with E-state index in [0.717, 1.165) is 12.8 Å². The van der Waals surface area contributed by atoms with Gasteiger partial charge in [-0.3, -0.25) is 4.79 Å². The lowest BCUT2D eigenvalue weighted by Crippen LogP contribution is -2.41. The summed E-state index contributed by atoms with van der Waals surface area (Å²) in [6.45, 7) is 0.270. The quantitative estimate of drug-likeness (QED) is 0.843. The van der Waals surface area contributed by atoms with Gasteiger partial charge in [-0.05, 0) is 18.9 Å². The van der Waals surface area contributed by atoms with E-state index < -0.39 is 0 Å². The number of aromatic nitrogens is 1. The number of hydrogen-bond acceptors (Lipinski definition) is 2. The summed E-state index contributed by atoms with van der Waals surface area (Å²) in [5.74, 6) is 0. The van der Waals surface area contributed by atoms with Crippen molar-refractivity contribution in [2.24, 2.45) is 7.05 Å². The highest BCUT2D eigenvalue weighted by Crippen LogP contribution is 2.17. The van der Waals surface area contributed by atoms with Crippen molar-refractivity contribution in [3.05, 3.63) is 34.2 Å². The molecule has 2 amide bonds.